The SMILES string of the molecule is C=CCOC[C@H](O)CN(Cc1ccc(F)cc1)C[C@@H]1CC(c2ccccc2)=NO1. The second-order valence-electron chi connectivity index (χ2n) is 7.14. The zero-order chi connectivity index (χ0) is 20.5. The second-order valence-corrected chi connectivity index (χ2v) is 7.14. The van der Waals surface area contributed by atoms with Gasteiger partial charge in [0.25, 0.3) is 0 Å². The van der Waals surface area contributed by atoms with E-state index < -0.39 is 6.10 Å². The lowest BCUT2D eigenvalue weighted by molar-refractivity contribution is 0.00335. The molecule has 0 bridgehead atoms. The van der Waals surface area contributed by atoms with Crippen molar-refractivity contribution >= 4 is 5.71 Å². The van der Waals surface area contributed by atoms with E-state index in [2.05, 4.69) is 16.6 Å². The van der Waals surface area contributed by atoms with Gasteiger partial charge in [-0.25, -0.2) is 4.39 Å². The van der Waals surface area contributed by atoms with Crippen molar-refractivity contribution in [2.45, 2.75) is 25.2 Å². The number of hydrogen-bond acceptors (Lipinski definition) is 5. The Morgan fingerprint density at radius 3 is 2.72 bits per heavy atom. The first-order chi connectivity index (χ1) is 14.1. The third-order valence-corrected chi connectivity index (χ3v) is 4.64. The van der Waals surface area contributed by atoms with E-state index in [4.69, 9.17) is 9.57 Å². The highest BCUT2D eigenvalue weighted by Gasteiger charge is 2.25. The average molecular weight is 398 g/mol. The van der Waals surface area contributed by atoms with E-state index in [1.165, 1.54) is 12.1 Å². The van der Waals surface area contributed by atoms with Crippen molar-refractivity contribution in [3.8, 4) is 0 Å². The number of oxime groups is 1. The summed E-state index contributed by atoms with van der Waals surface area (Å²) < 4.78 is 18.6. The fraction of sp³-hybridized carbons (Fsp3) is 0.348. The molecule has 0 radical (unpaired) electrons. The molecule has 3 rings (SSSR count). The normalized spacial score (nSPS) is 17.1. The van der Waals surface area contributed by atoms with Crippen LogP contribution in [0.5, 0.6) is 0 Å². The monoisotopic (exact) mass is 398 g/mol. The predicted molar refractivity (Wildman–Crippen MR) is 111 cm³/mol. The number of aliphatic hydroxyl groups excluding tert-OH is 1. The third-order valence-electron chi connectivity index (χ3n) is 4.64. The minimum Gasteiger partial charge on any atom is -0.390 e. The zero-order valence-corrected chi connectivity index (χ0v) is 16.4. The van der Waals surface area contributed by atoms with Crippen molar-refractivity contribution < 1.29 is 19.1 Å². The lowest BCUT2D eigenvalue weighted by atomic mass is 10.0. The number of halogens is 1. The third kappa shape index (κ3) is 6.78. The minimum absolute atomic E-state index is 0.105. The first kappa shape index (κ1) is 21.2. The van der Waals surface area contributed by atoms with Crippen molar-refractivity contribution in [3.63, 3.8) is 0 Å². The molecule has 1 aliphatic rings. The Hall–Kier alpha value is -2.54. The van der Waals surface area contributed by atoms with E-state index in [1.807, 2.05) is 30.3 Å². The van der Waals surface area contributed by atoms with Crippen molar-refractivity contribution in [3.05, 3.63) is 84.2 Å². The fourth-order valence-electron chi connectivity index (χ4n) is 3.31. The minimum atomic E-state index is -0.647. The molecule has 0 saturated heterocycles. The van der Waals surface area contributed by atoms with Crippen molar-refractivity contribution in [2.24, 2.45) is 5.16 Å². The van der Waals surface area contributed by atoms with Crippen LogP contribution in [0.2, 0.25) is 0 Å². The molecular weight excluding hydrogens is 371 g/mol. The van der Waals surface area contributed by atoms with Crippen LogP contribution in [0.25, 0.3) is 0 Å². The Kier molecular flexibility index (Phi) is 7.93. The van der Waals surface area contributed by atoms with Crippen LogP contribution in [-0.4, -0.2) is 54.2 Å². The van der Waals surface area contributed by atoms with Crippen LogP contribution < -0.4 is 0 Å². The molecular formula is C23H27FN2O3. The number of aliphatic hydroxyl groups is 1. The van der Waals surface area contributed by atoms with Crippen LogP contribution in [0.4, 0.5) is 4.39 Å². The number of ether oxygens (including phenoxy) is 1. The topological polar surface area (TPSA) is 54.3 Å². The summed E-state index contributed by atoms with van der Waals surface area (Å²) in [7, 11) is 0. The van der Waals surface area contributed by atoms with Crippen LogP contribution >= 0.6 is 0 Å². The van der Waals surface area contributed by atoms with Gasteiger partial charge in [0.2, 0.25) is 0 Å². The lowest BCUT2D eigenvalue weighted by Gasteiger charge is -2.27. The highest BCUT2D eigenvalue weighted by Crippen LogP contribution is 2.19. The van der Waals surface area contributed by atoms with Crippen LogP contribution in [0.1, 0.15) is 17.5 Å². The average Bonchev–Trinajstić information content (AvgIpc) is 3.19. The van der Waals surface area contributed by atoms with Gasteiger partial charge in [-0.3, -0.25) is 4.90 Å². The van der Waals surface area contributed by atoms with Crippen LogP contribution in [0.3, 0.4) is 0 Å². The number of rotatable bonds is 11. The van der Waals surface area contributed by atoms with Crippen LogP contribution in [-0.2, 0) is 16.1 Å². The molecule has 5 nitrogen and oxygen atoms in total. The largest absolute Gasteiger partial charge is 0.390 e. The maximum absolute atomic E-state index is 13.2. The fourth-order valence-corrected chi connectivity index (χ4v) is 3.31. The number of hydrogen-bond donors (Lipinski definition) is 1. The van der Waals surface area contributed by atoms with Gasteiger partial charge in [-0.1, -0.05) is 53.7 Å². The Morgan fingerprint density at radius 2 is 2.00 bits per heavy atom. The molecule has 0 spiro atoms. The van der Waals surface area contributed by atoms with Crippen molar-refractivity contribution in [1.29, 1.82) is 0 Å². The van der Waals surface area contributed by atoms with E-state index in [1.54, 1.807) is 18.2 Å². The highest BCUT2D eigenvalue weighted by atomic mass is 19.1. The standard InChI is InChI=1S/C23H27FN2O3/c1-2-12-28-17-21(27)15-26(14-18-8-10-20(24)11-9-18)16-22-13-23(25-29-22)19-6-4-3-5-7-19/h2-11,21-22,27H,1,12-17H2/t21-,22+/m1/s1. The van der Waals surface area contributed by atoms with E-state index in [9.17, 15) is 9.50 Å². The van der Waals surface area contributed by atoms with Gasteiger partial charge >= 0.3 is 0 Å². The molecule has 6 heteroatoms. The van der Waals surface area contributed by atoms with E-state index in [0.29, 0.717) is 32.7 Å². The van der Waals surface area contributed by atoms with Crippen molar-refractivity contribution in [1.82, 2.24) is 4.90 Å². The molecule has 0 aliphatic carbocycles. The molecule has 0 unspecified atom stereocenters. The number of benzene rings is 2. The van der Waals surface area contributed by atoms with Gasteiger partial charge in [0, 0.05) is 26.1 Å². The zero-order valence-electron chi connectivity index (χ0n) is 16.4. The van der Waals surface area contributed by atoms with E-state index in [-0.39, 0.29) is 18.5 Å². The summed E-state index contributed by atoms with van der Waals surface area (Å²) in [5.74, 6) is -0.266. The van der Waals surface area contributed by atoms with Gasteiger partial charge in [-0.2, -0.15) is 0 Å². The number of nitrogens with zero attached hydrogens (tertiary/aromatic N) is 2. The van der Waals surface area contributed by atoms with Crippen molar-refractivity contribution in [2.75, 3.05) is 26.3 Å². The molecule has 0 saturated carbocycles. The van der Waals surface area contributed by atoms with Gasteiger partial charge in [0.1, 0.15) is 11.9 Å². The molecule has 1 aliphatic heterocycles. The first-order valence-electron chi connectivity index (χ1n) is 9.75. The Balaban J connectivity index is 1.60. The van der Waals surface area contributed by atoms with Gasteiger partial charge in [-0.15, -0.1) is 6.58 Å². The summed E-state index contributed by atoms with van der Waals surface area (Å²) in [4.78, 5) is 7.73. The summed E-state index contributed by atoms with van der Waals surface area (Å²) in [6, 6.07) is 16.4. The molecule has 0 amide bonds. The summed E-state index contributed by atoms with van der Waals surface area (Å²) in [5, 5.41) is 14.6. The van der Waals surface area contributed by atoms with E-state index in [0.717, 1.165) is 16.8 Å². The molecule has 0 fully saturated rings. The van der Waals surface area contributed by atoms with Gasteiger partial charge in [0.05, 0.1) is 25.0 Å². The van der Waals surface area contributed by atoms with E-state index >= 15 is 0 Å². The predicted octanol–water partition coefficient (Wildman–Crippen LogP) is 3.38. The quantitative estimate of drug-likeness (QED) is 0.466. The maximum atomic E-state index is 13.2. The summed E-state index contributed by atoms with van der Waals surface area (Å²) in [6.45, 7) is 5.80. The van der Waals surface area contributed by atoms with Gasteiger partial charge in [-0.05, 0) is 23.3 Å². The Labute approximate surface area is 171 Å². The Morgan fingerprint density at radius 1 is 1.24 bits per heavy atom. The first-order valence-corrected chi connectivity index (χ1v) is 9.75. The summed E-state index contributed by atoms with van der Waals surface area (Å²) >= 11 is 0. The second kappa shape index (κ2) is 10.9. The van der Waals surface area contributed by atoms with Gasteiger partial charge < -0.3 is 14.7 Å². The molecule has 1 heterocycles. The molecule has 0 aromatic heterocycles. The maximum Gasteiger partial charge on any atom is 0.145 e. The molecule has 29 heavy (non-hydrogen) atoms. The molecule has 2 atom stereocenters. The van der Waals surface area contributed by atoms with Crippen LogP contribution in [0, 0.1) is 5.82 Å². The van der Waals surface area contributed by atoms with Crippen LogP contribution in [0.15, 0.2) is 72.4 Å². The smallest absolute Gasteiger partial charge is 0.145 e. The summed E-state index contributed by atoms with van der Waals surface area (Å²) in [6.07, 6.45) is 1.60. The lowest BCUT2D eigenvalue weighted by Crippen LogP contribution is -2.39. The highest BCUT2D eigenvalue weighted by molar-refractivity contribution is 6.01. The molecule has 2 aromatic rings. The molecule has 2 aromatic carbocycles. The molecule has 154 valence electrons. The Bertz CT molecular complexity index is 796. The molecule has 1 N–H and O–H groups in total. The van der Waals surface area contributed by atoms with Gasteiger partial charge in [0.15, 0.2) is 0 Å². The summed E-state index contributed by atoms with van der Waals surface area (Å²) in [5.41, 5.74) is 2.94.